The largest absolute Gasteiger partial charge is 0.376 e. The zero-order chi connectivity index (χ0) is 17.6. The van der Waals surface area contributed by atoms with Gasteiger partial charge in [0.1, 0.15) is 0 Å². The number of aromatic amines is 1. The Morgan fingerprint density at radius 3 is 2.96 bits per heavy atom. The molecule has 0 unspecified atom stereocenters. The molecular weight excluding hydrogens is 342 g/mol. The van der Waals surface area contributed by atoms with E-state index in [0.29, 0.717) is 29.6 Å². The number of aromatic nitrogens is 3. The first-order valence-electron chi connectivity index (χ1n) is 7.85. The van der Waals surface area contributed by atoms with Gasteiger partial charge >= 0.3 is 5.69 Å². The second kappa shape index (κ2) is 8.00. The van der Waals surface area contributed by atoms with Crippen LogP contribution in [0.5, 0.6) is 0 Å². The molecule has 0 bridgehead atoms. The lowest BCUT2D eigenvalue weighted by atomic mass is 10.2. The van der Waals surface area contributed by atoms with Crippen molar-refractivity contribution in [3.8, 4) is 6.07 Å². The van der Waals surface area contributed by atoms with Crippen LogP contribution in [0.4, 0.5) is 5.69 Å². The van der Waals surface area contributed by atoms with Gasteiger partial charge in [0.05, 0.1) is 30.0 Å². The van der Waals surface area contributed by atoms with Crippen LogP contribution in [0.3, 0.4) is 0 Å². The van der Waals surface area contributed by atoms with Crippen molar-refractivity contribution < 1.29 is 9.53 Å². The summed E-state index contributed by atoms with van der Waals surface area (Å²) in [5, 5.41) is 18.4. The van der Waals surface area contributed by atoms with Crippen molar-refractivity contribution in [2.75, 3.05) is 17.7 Å². The van der Waals surface area contributed by atoms with Gasteiger partial charge in [0.25, 0.3) is 0 Å². The van der Waals surface area contributed by atoms with Crippen LogP contribution >= 0.6 is 11.8 Å². The SMILES string of the molecule is N#Cc1ccc(NC(=O)CSc2n[nH]c(=O)n2C[C@H]2CCCO2)cc1. The molecule has 0 radical (unpaired) electrons. The molecule has 2 N–H and O–H groups in total. The van der Waals surface area contributed by atoms with Crippen molar-refractivity contribution in [1.82, 2.24) is 14.8 Å². The van der Waals surface area contributed by atoms with Crippen LogP contribution in [0.15, 0.2) is 34.2 Å². The molecule has 0 saturated carbocycles. The Hall–Kier alpha value is -2.57. The summed E-state index contributed by atoms with van der Waals surface area (Å²) >= 11 is 1.19. The van der Waals surface area contributed by atoms with Crippen molar-refractivity contribution in [3.05, 3.63) is 40.3 Å². The number of rotatable bonds is 6. The number of H-pyrrole nitrogens is 1. The number of carbonyl (C=O) groups excluding carboxylic acids is 1. The minimum atomic E-state index is -0.300. The number of amides is 1. The molecule has 1 saturated heterocycles. The van der Waals surface area contributed by atoms with E-state index in [0.717, 1.165) is 12.8 Å². The van der Waals surface area contributed by atoms with Gasteiger partial charge < -0.3 is 10.1 Å². The molecule has 1 aromatic heterocycles. The van der Waals surface area contributed by atoms with Gasteiger partial charge in [-0.3, -0.25) is 9.36 Å². The topological polar surface area (TPSA) is 113 Å². The Morgan fingerprint density at radius 2 is 2.28 bits per heavy atom. The summed E-state index contributed by atoms with van der Waals surface area (Å²) in [4.78, 5) is 23.9. The molecule has 130 valence electrons. The van der Waals surface area contributed by atoms with Gasteiger partial charge in [0.2, 0.25) is 5.91 Å². The summed E-state index contributed by atoms with van der Waals surface area (Å²) in [5.74, 6) is -0.0932. The molecule has 1 aromatic carbocycles. The van der Waals surface area contributed by atoms with E-state index in [-0.39, 0.29) is 23.5 Å². The number of thioether (sulfide) groups is 1. The molecule has 9 heteroatoms. The summed E-state index contributed by atoms with van der Waals surface area (Å²) < 4.78 is 7.06. The van der Waals surface area contributed by atoms with Crippen molar-refractivity contribution in [3.63, 3.8) is 0 Å². The standard InChI is InChI=1S/C16H17N5O3S/c17-8-11-3-5-12(6-4-11)18-14(22)10-25-16-20-19-15(23)21(16)9-13-2-1-7-24-13/h3-6,13H,1-2,7,9-10H2,(H,18,22)(H,19,23)/t13-/m1/s1. The normalized spacial score (nSPS) is 16.5. The van der Waals surface area contributed by atoms with E-state index >= 15 is 0 Å². The second-order valence-electron chi connectivity index (χ2n) is 5.58. The molecule has 1 atom stereocenters. The summed E-state index contributed by atoms with van der Waals surface area (Å²) in [6.07, 6.45) is 1.93. The van der Waals surface area contributed by atoms with Gasteiger partial charge in [-0.05, 0) is 37.1 Å². The molecule has 1 aliphatic rings. The molecule has 2 aromatic rings. The van der Waals surface area contributed by atoms with Gasteiger partial charge in [0.15, 0.2) is 5.16 Å². The van der Waals surface area contributed by atoms with Gasteiger partial charge in [-0.15, -0.1) is 5.10 Å². The number of nitriles is 1. The van der Waals surface area contributed by atoms with Gasteiger partial charge in [-0.2, -0.15) is 5.26 Å². The van der Waals surface area contributed by atoms with Crippen molar-refractivity contribution in [2.24, 2.45) is 0 Å². The highest BCUT2D eigenvalue weighted by Gasteiger charge is 2.20. The number of benzene rings is 1. The molecule has 1 aliphatic heterocycles. The number of ether oxygens (including phenoxy) is 1. The predicted octanol–water partition coefficient (Wildman–Crippen LogP) is 1.35. The maximum atomic E-state index is 12.1. The summed E-state index contributed by atoms with van der Waals surface area (Å²) in [6, 6.07) is 8.63. The third kappa shape index (κ3) is 4.49. The van der Waals surface area contributed by atoms with E-state index in [2.05, 4.69) is 15.5 Å². The van der Waals surface area contributed by atoms with E-state index in [4.69, 9.17) is 10.00 Å². The third-order valence-electron chi connectivity index (χ3n) is 3.76. The van der Waals surface area contributed by atoms with Crippen LogP contribution < -0.4 is 11.0 Å². The predicted molar refractivity (Wildman–Crippen MR) is 92.3 cm³/mol. The van der Waals surface area contributed by atoms with Crippen LogP contribution in [-0.4, -0.2) is 39.1 Å². The molecular formula is C16H17N5O3S. The Balaban J connectivity index is 1.56. The van der Waals surface area contributed by atoms with Crippen molar-refractivity contribution in [1.29, 1.82) is 5.26 Å². The van der Waals surface area contributed by atoms with Crippen molar-refractivity contribution >= 4 is 23.4 Å². The Kier molecular flexibility index (Phi) is 5.53. The highest BCUT2D eigenvalue weighted by Crippen LogP contribution is 2.18. The molecule has 3 rings (SSSR count). The minimum Gasteiger partial charge on any atom is -0.376 e. The fraction of sp³-hybridized carbons (Fsp3) is 0.375. The summed E-state index contributed by atoms with van der Waals surface area (Å²) in [6.45, 7) is 1.15. The first kappa shape index (κ1) is 17.3. The van der Waals surface area contributed by atoms with E-state index in [1.807, 2.05) is 6.07 Å². The number of hydrogen-bond donors (Lipinski definition) is 2. The zero-order valence-corrected chi connectivity index (χ0v) is 14.2. The van der Waals surface area contributed by atoms with E-state index < -0.39 is 0 Å². The minimum absolute atomic E-state index is 0.0159. The van der Waals surface area contributed by atoms with E-state index in [9.17, 15) is 9.59 Å². The van der Waals surface area contributed by atoms with Crippen molar-refractivity contribution in [2.45, 2.75) is 30.6 Å². The van der Waals surface area contributed by atoms with Crippen LogP contribution in [0, 0.1) is 11.3 Å². The first-order chi connectivity index (χ1) is 12.2. The number of nitrogens with one attached hydrogen (secondary N) is 2. The smallest absolute Gasteiger partial charge is 0.344 e. The fourth-order valence-electron chi connectivity index (χ4n) is 2.52. The molecule has 1 fully saturated rings. The number of nitrogens with zero attached hydrogens (tertiary/aromatic N) is 3. The lowest BCUT2D eigenvalue weighted by molar-refractivity contribution is -0.113. The quantitative estimate of drug-likeness (QED) is 0.753. The Morgan fingerprint density at radius 1 is 1.48 bits per heavy atom. The first-order valence-corrected chi connectivity index (χ1v) is 8.84. The maximum absolute atomic E-state index is 12.1. The zero-order valence-electron chi connectivity index (χ0n) is 13.4. The lowest BCUT2D eigenvalue weighted by Gasteiger charge is -2.11. The molecule has 2 heterocycles. The van der Waals surface area contributed by atoms with E-state index in [1.54, 1.807) is 24.3 Å². The molecule has 0 spiro atoms. The fourth-order valence-corrected chi connectivity index (χ4v) is 3.28. The molecule has 8 nitrogen and oxygen atoms in total. The highest BCUT2D eigenvalue weighted by atomic mass is 32.2. The average molecular weight is 359 g/mol. The molecule has 1 amide bonds. The Bertz CT molecular complexity index is 831. The number of carbonyl (C=O) groups is 1. The average Bonchev–Trinajstić information content (AvgIpc) is 3.25. The third-order valence-corrected chi connectivity index (χ3v) is 4.74. The van der Waals surface area contributed by atoms with Gasteiger partial charge in [-0.25, -0.2) is 9.89 Å². The second-order valence-corrected chi connectivity index (χ2v) is 6.53. The van der Waals surface area contributed by atoms with Gasteiger partial charge in [0, 0.05) is 12.3 Å². The highest BCUT2D eigenvalue weighted by molar-refractivity contribution is 7.99. The summed E-state index contributed by atoms with van der Waals surface area (Å²) in [5.41, 5.74) is 0.843. The number of hydrogen-bond acceptors (Lipinski definition) is 6. The van der Waals surface area contributed by atoms with E-state index in [1.165, 1.54) is 16.3 Å². The van der Waals surface area contributed by atoms with Crippen LogP contribution in [-0.2, 0) is 16.1 Å². The van der Waals surface area contributed by atoms with Gasteiger partial charge in [-0.1, -0.05) is 11.8 Å². The maximum Gasteiger partial charge on any atom is 0.344 e. The summed E-state index contributed by atoms with van der Waals surface area (Å²) in [7, 11) is 0. The van der Waals surface area contributed by atoms with Crippen LogP contribution in [0.1, 0.15) is 18.4 Å². The monoisotopic (exact) mass is 359 g/mol. The Labute approximate surface area is 148 Å². The van der Waals surface area contributed by atoms with Crippen LogP contribution in [0.2, 0.25) is 0 Å². The van der Waals surface area contributed by atoms with Crippen LogP contribution in [0.25, 0.3) is 0 Å². The molecule has 0 aliphatic carbocycles. The number of anilines is 1. The molecule has 25 heavy (non-hydrogen) atoms. The lowest BCUT2D eigenvalue weighted by Crippen LogP contribution is -2.25.